The first-order chi connectivity index (χ1) is 22.2. The van der Waals surface area contributed by atoms with Gasteiger partial charge in [-0.15, -0.1) is 0 Å². The lowest BCUT2D eigenvalue weighted by Gasteiger charge is -2.37. The molecule has 2 fully saturated rings. The zero-order chi connectivity index (χ0) is 32.1. The van der Waals surface area contributed by atoms with Crippen LogP contribution in [0, 0.1) is 12.7 Å². The fourth-order valence-electron chi connectivity index (χ4n) is 5.89. The Bertz CT molecular complexity index is 2170. The number of pyridine rings is 1. The molecule has 46 heavy (non-hydrogen) atoms. The quantitative estimate of drug-likeness (QED) is 0.204. The molecule has 10 nitrogen and oxygen atoms in total. The molecule has 3 aromatic heterocycles. The second kappa shape index (κ2) is 11.7. The number of fused-ring (bicyclic) bond motifs is 1. The maximum absolute atomic E-state index is 14.0. The number of nitrogens with zero attached hydrogens (tertiary/aromatic N) is 7. The van der Waals surface area contributed by atoms with E-state index in [0.717, 1.165) is 17.4 Å². The summed E-state index contributed by atoms with van der Waals surface area (Å²) in [7, 11) is 1.75. The van der Waals surface area contributed by atoms with E-state index in [1.807, 2.05) is 41.3 Å². The molecule has 0 aliphatic carbocycles. The number of para-hydroxylation sites is 1. The molecule has 0 N–H and O–H groups in total. The number of thioether (sulfide) groups is 1. The van der Waals surface area contributed by atoms with Crippen LogP contribution >= 0.6 is 24.0 Å². The van der Waals surface area contributed by atoms with Crippen molar-refractivity contribution in [2.75, 3.05) is 40.9 Å². The van der Waals surface area contributed by atoms with Gasteiger partial charge in [0.05, 0.1) is 21.8 Å². The van der Waals surface area contributed by atoms with Gasteiger partial charge in [-0.1, -0.05) is 48.2 Å². The van der Waals surface area contributed by atoms with E-state index in [2.05, 4.69) is 4.90 Å². The van der Waals surface area contributed by atoms with Crippen LogP contribution in [0.15, 0.2) is 93.5 Å². The molecule has 0 bridgehead atoms. The van der Waals surface area contributed by atoms with Gasteiger partial charge in [0, 0.05) is 45.1 Å². The molecular weight excluding hydrogens is 626 g/mol. The van der Waals surface area contributed by atoms with Gasteiger partial charge in [-0.2, -0.15) is 0 Å². The van der Waals surface area contributed by atoms with Gasteiger partial charge >= 0.3 is 0 Å². The highest BCUT2D eigenvalue weighted by atomic mass is 32.2. The maximum Gasteiger partial charge on any atom is 0.296 e. The predicted octanol–water partition coefficient (Wildman–Crippen LogP) is 4.36. The summed E-state index contributed by atoms with van der Waals surface area (Å²) in [4.78, 5) is 52.2. The highest BCUT2D eigenvalue weighted by Crippen LogP contribution is 2.37. The summed E-state index contributed by atoms with van der Waals surface area (Å²) < 4.78 is 18.3. The second-order valence-electron chi connectivity index (χ2n) is 11.0. The van der Waals surface area contributed by atoms with E-state index in [-0.39, 0.29) is 37.4 Å². The van der Waals surface area contributed by atoms with E-state index in [1.165, 1.54) is 26.1 Å². The molecule has 2 aromatic carbocycles. The van der Waals surface area contributed by atoms with Crippen LogP contribution in [0.4, 0.5) is 21.6 Å². The zero-order valence-corrected chi connectivity index (χ0v) is 26.6. The van der Waals surface area contributed by atoms with Gasteiger partial charge in [0.25, 0.3) is 17.0 Å². The SMILES string of the molecule is Cc1c(N2C(=O)/C(=C\c3c(N4CCN(c5ccc(F)cc5)CC4)nc4ccccn4c3=O)SC2=S)c(=O)n(-c2ccccc2)n1C. The van der Waals surface area contributed by atoms with Crippen molar-refractivity contribution in [3.05, 3.63) is 122 Å². The number of aromatic nitrogens is 4. The van der Waals surface area contributed by atoms with Crippen molar-refractivity contribution in [3.63, 3.8) is 0 Å². The van der Waals surface area contributed by atoms with E-state index in [4.69, 9.17) is 17.2 Å². The molecule has 13 heteroatoms. The summed E-state index contributed by atoms with van der Waals surface area (Å²) in [5, 5.41) is 0. The first-order valence-electron chi connectivity index (χ1n) is 14.6. The number of hydrogen-bond acceptors (Lipinski definition) is 8. The summed E-state index contributed by atoms with van der Waals surface area (Å²) in [6.45, 7) is 4.13. The Kier molecular flexibility index (Phi) is 7.57. The smallest absolute Gasteiger partial charge is 0.296 e. The summed E-state index contributed by atoms with van der Waals surface area (Å²) in [6.07, 6.45) is 3.19. The molecule has 0 unspecified atom stereocenters. The topological polar surface area (TPSA) is 88.1 Å². The fourth-order valence-corrected chi connectivity index (χ4v) is 7.14. The van der Waals surface area contributed by atoms with E-state index >= 15 is 0 Å². The molecular formula is C33H28FN7O3S2. The van der Waals surface area contributed by atoms with Crippen LogP contribution in [0.5, 0.6) is 0 Å². The summed E-state index contributed by atoms with van der Waals surface area (Å²) >= 11 is 6.69. The lowest BCUT2D eigenvalue weighted by atomic mass is 10.2. The Morgan fingerprint density at radius 2 is 1.52 bits per heavy atom. The first-order valence-corrected chi connectivity index (χ1v) is 15.8. The van der Waals surface area contributed by atoms with E-state index in [0.29, 0.717) is 49.0 Å². The number of halogens is 1. The van der Waals surface area contributed by atoms with E-state index in [9.17, 15) is 18.8 Å². The molecule has 2 saturated heterocycles. The third kappa shape index (κ3) is 5.01. The number of amides is 1. The average Bonchev–Trinajstić information content (AvgIpc) is 3.46. The number of benzene rings is 2. The summed E-state index contributed by atoms with van der Waals surface area (Å²) in [6, 6.07) is 20.9. The number of piperazine rings is 1. The largest absolute Gasteiger partial charge is 0.368 e. The molecule has 5 heterocycles. The third-order valence-electron chi connectivity index (χ3n) is 8.34. The van der Waals surface area contributed by atoms with Gasteiger partial charge < -0.3 is 9.80 Å². The lowest BCUT2D eigenvalue weighted by Crippen LogP contribution is -2.47. The Morgan fingerprint density at radius 1 is 0.848 bits per heavy atom. The molecule has 0 radical (unpaired) electrons. The van der Waals surface area contributed by atoms with Gasteiger partial charge in [0.15, 0.2) is 4.32 Å². The lowest BCUT2D eigenvalue weighted by molar-refractivity contribution is -0.113. The Balaban J connectivity index is 1.26. The Hall–Kier alpha value is -5.01. The highest BCUT2D eigenvalue weighted by Gasteiger charge is 2.38. The van der Waals surface area contributed by atoms with Crippen molar-refractivity contribution in [1.82, 2.24) is 18.7 Å². The second-order valence-corrected chi connectivity index (χ2v) is 12.6. The number of carbonyl (C=O) groups excluding carboxylic acids is 1. The van der Waals surface area contributed by atoms with Gasteiger partial charge in [0.1, 0.15) is 23.0 Å². The number of rotatable bonds is 5. The standard InChI is InChI=1S/C33H28FN7O3S2/c1-21-28(32(44)41(36(21)2)24-8-4-3-5-9-24)40-31(43)26(46-33(40)45)20-25-29(35-27-10-6-7-15-39(27)30(25)42)38-18-16-37(17-19-38)23-13-11-22(34)12-14-23/h3-15,20H,16-19H2,1-2H3/b26-20+. The summed E-state index contributed by atoms with van der Waals surface area (Å²) in [5.74, 6) is -0.309. The molecule has 2 aliphatic heterocycles. The number of carbonyl (C=O) groups is 1. The average molecular weight is 654 g/mol. The molecule has 2 aliphatic rings. The van der Waals surface area contributed by atoms with Gasteiger partial charge in [-0.3, -0.25) is 28.4 Å². The van der Waals surface area contributed by atoms with Gasteiger partial charge in [-0.05, 0) is 61.5 Å². The molecule has 5 aromatic rings. The van der Waals surface area contributed by atoms with E-state index in [1.54, 1.807) is 55.2 Å². The molecule has 232 valence electrons. The number of thiocarbonyl (C=S) groups is 1. The molecule has 0 spiro atoms. The van der Waals surface area contributed by atoms with Gasteiger partial charge in [-0.25, -0.2) is 14.1 Å². The minimum atomic E-state index is -0.481. The monoisotopic (exact) mass is 653 g/mol. The summed E-state index contributed by atoms with van der Waals surface area (Å²) in [5.41, 5.74) is 2.34. The zero-order valence-electron chi connectivity index (χ0n) is 25.0. The molecule has 0 atom stereocenters. The Morgan fingerprint density at radius 3 is 2.24 bits per heavy atom. The van der Waals surface area contributed by atoms with Crippen molar-refractivity contribution < 1.29 is 9.18 Å². The van der Waals surface area contributed by atoms with Crippen LogP contribution in [0.25, 0.3) is 17.4 Å². The van der Waals surface area contributed by atoms with Crippen LogP contribution in [0.3, 0.4) is 0 Å². The number of hydrogen-bond donors (Lipinski definition) is 0. The van der Waals surface area contributed by atoms with Crippen LogP contribution in [-0.2, 0) is 11.8 Å². The molecule has 1 amide bonds. The Labute approximate surface area is 272 Å². The fraction of sp³-hybridized carbons (Fsp3) is 0.182. The van der Waals surface area contributed by atoms with Crippen molar-refractivity contribution in [3.8, 4) is 5.69 Å². The minimum Gasteiger partial charge on any atom is -0.368 e. The van der Waals surface area contributed by atoms with Crippen LogP contribution in [-0.4, -0.2) is 55.2 Å². The number of anilines is 3. The minimum absolute atomic E-state index is 0.169. The highest BCUT2D eigenvalue weighted by molar-refractivity contribution is 8.27. The van der Waals surface area contributed by atoms with Crippen molar-refractivity contribution in [2.45, 2.75) is 6.92 Å². The molecule has 0 saturated carbocycles. The van der Waals surface area contributed by atoms with Crippen molar-refractivity contribution in [2.24, 2.45) is 7.05 Å². The van der Waals surface area contributed by atoms with Gasteiger partial charge in [0.2, 0.25) is 0 Å². The maximum atomic E-state index is 14.0. The predicted molar refractivity (Wildman–Crippen MR) is 184 cm³/mol. The van der Waals surface area contributed by atoms with Crippen LogP contribution < -0.4 is 25.8 Å². The van der Waals surface area contributed by atoms with Crippen molar-refractivity contribution in [1.29, 1.82) is 0 Å². The van der Waals surface area contributed by atoms with Crippen LogP contribution in [0.2, 0.25) is 0 Å². The normalized spacial score (nSPS) is 16.3. The molecule has 7 rings (SSSR count). The first kappa shape index (κ1) is 29.7. The third-order valence-corrected chi connectivity index (χ3v) is 9.64. The van der Waals surface area contributed by atoms with E-state index < -0.39 is 5.91 Å². The van der Waals surface area contributed by atoms with Crippen LogP contribution in [0.1, 0.15) is 11.3 Å². The van der Waals surface area contributed by atoms with Crippen molar-refractivity contribution >= 4 is 63.1 Å².